The van der Waals surface area contributed by atoms with Crippen LogP contribution < -0.4 is 20.3 Å². The molecule has 1 aliphatic heterocycles. The van der Waals surface area contributed by atoms with E-state index in [1.54, 1.807) is 29.2 Å². The van der Waals surface area contributed by atoms with Gasteiger partial charge in [0.05, 0.1) is 16.8 Å². The summed E-state index contributed by atoms with van der Waals surface area (Å²) in [5.74, 6) is -1.36. The Hall–Kier alpha value is -3.67. The van der Waals surface area contributed by atoms with Gasteiger partial charge in [-0.1, -0.05) is 11.3 Å². The van der Waals surface area contributed by atoms with Crippen LogP contribution in [0.15, 0.2) is 42.5 Å². The van der Waals surface area contributed by atoms with Crippen molar-refractivity contribution in [2.75, 3.05) is 23.3 Å². The van der Waals surface area contributed by atoms with Crippen molar-refractivity contribution in [1.29, 1.82) is 0 Å². The first-order valence-corrected chi connectivity index (χ1v) is 10.6. The lowest BCUT2D eigenvalue weighted by molar-refractivity contribution is -0.274. The Bertz CT molecular complexity index is 1210. The molecule has 0 saturated carbocycles. The third-order valence-electron chi connectivity index (χ3n) is 4.76. The zero-order valence-electron chi connectivity index (χ0n) is 16.9. The summed E-state index contributed by atoms with van der Waals surface area (Å²) in [6.07, 6.45) is -3.50. The molecule has 0 bridgehead atoms. The van der Waals surface area contributed by atoms with Crippen LogP contribution in [0.4, 0.5) is 24.0 Å². The molecule has 1 fully saturated rings. The molecule has 0 unspecified atom stereocenters. The number of anilines is 2. The van der Waals surface area contributed by atoms with E-state index >= 15 is 0 Å². The van der Waals surface area contributed by atoms with Crippen LogP contribution >= 0.6 is 11.3 Å². The number of hydrogen-bond acceptors (Lipinski definition) is 6. The molecule has 8 nitrogen and oxygen atoms in total. The Morgan fingerprint density at radius 2 is 1.91 bits per heavy atom. The number of hydrogen-bond donors (Lipinski definition) is 2. The maximum absolute atomic E-state index is 12.4. The molecule has 2 heterocycles. The van der Waals surface area contributed by atoms with Crippen LogP contribution in [0, 0.1) is 0 Å². The standard InChI is InChI=1S/C21H17F3N4O4S/c22-21(23,24)32-14-7-8-15-16(10-14)33-20(26-15)27-17(29)11-25-19(31)12-3-5-13(6-4-12)28-9-1-2-18(28)30/h3-8,10H,1-2,9,11H2,(H,25,31)(H,26,27,29). The zero-order chi connectivity index (χ0) is 23.6. The first-order valence-electron chi connectivity index (χ1n) is 9.83. The van der Waals surface area contributed by atoms with Gasteiger partial charge in [0.1, 0.15) is 5.75 Å². The molecule has 33 heavy (non-hydrogen) atoms. The highest BCUT2D eigenvalue weighted by Gasteiger charge is 2.31. The molecule has 12 heteroatoms. The highest BCUT2D eigenvalue weighted by molar-refractivity contribution is 7.22. The molecule has 2 aromatic carbocycles. The Morgan fingerprint density at radius 1 is 1.15 bits per heavy atom. The fourth-order valence-corrected chi connectivity index (χ4v) is 4.21. The minimum atomic E-state index is -4.81. The first-order chi connectivity index (χ1) is 15.7. The summed E-state index contributed by atoms with van der Waals surface area (Å²) in [5.41, 5.74) is 1.44. The van der Waals surface area contributed by atoms with E-state index in [9.17, 15) is 27.6 Å². The largest absolute Gasteiger partial charge is 0.573 e. The molecule has 4 rings (SSSR count). The van der Waals surface area contributed by atoms with Crippen molar-refractivity contribution in [2.24, 2.45) is 0 Å². The smallest absolute Gasteiger partial charge is 0.406 e. The van der Waals surface area contributed by atoms with E-state index < -0.39 is 18.2 Å². The predicted molar refractivity (Wildman–Crippen MR) is 115 cm³/mol. The minimum Gasteiger partial charge on any atom is -0.406 e. The average Bonchev–Trinajstić information content (AvgIpc) is 3.36. The lowest BCUT2D eigenvalue weighted by Gasteiger charge is -2.15. The number of rotatable bonds is 6. The van der Waals surface area contributed by atoms with E-state index in [-0.39, 0.29) is 23.3 Å². The Labute approximate surface area is 189 Å². The maximum Gasteiger partial charge on any atom is 0.573 e. The molecule has 0 atom stereocenters. The summed E-state index contributed by atoms with van der Waals surface area (Å²) in [6.45, 7) is 0.316. The van der Waals surface area contributed by atoms with Crippen LogP contribution in [0.25, 0.3) is 10.2 Å². The second kappa shape index (κ2) is 9.06. The van der Waals surface area contributed by atoms with Crippen LogP contribution in [0.3, 0.4) is 0 Å². The number of alkyl halides is 3. The topological polar surface area (TPSA) is 101 Å². The van der Waals surface area contributed by atoms with Crippen molar-refractivity contribution in [1.82, 2.24) is 10.3 Å². The van der Waals surface area contributed by atoms with Gasteiger partial charge in [0.15, 0.2) is 5.13 Å². The van der Waals surface area contributed by atoms with Crippen molar-refractivity contribution < 1.29 is 32.3 Å². The van der Waals surface area contributed by atoms with Crippen molar-refractivity contribution in [3.8, 4) is 5.75 Å². The van der Waals surface area contributed by atoms with Gasteiger partial charge in [-0.05, 0) is 42.8 Å². The number of nitrogens with one attached hydrogen (secondary N) is 2. The number of fused-ring (bicyclic) bond motifs is 1. The third kappa shape index (κ3) is 5.58. The van der Waals surface area contributed by atoms with Gasteiger partial charge >= 0.3 is 6.36 Å². The SMILES string of the molecule is O=C(CNC(=O)c1ccc(N2CCCC2=O)cc1)Nc1nc2ccc(OC(F)(F)F)cc2s1. The molecule has 2 N–H and O–H groups in total. The lowest BCUT2D eigenvalue weighted by atomic mass is 10.2. The van der Waals surface area contributed by atoms with Crippen LogP contribution in [-0.4, -0.2) is 42.2 Å². The number of benzene rings is 2. The maximum atomic E-state index is 12.4. The van der Waals surface area contributed by atoms with Gasteiger partial charge in [0, 0.05) is 30.3 Å². The van der Waals surface area contributed by atoms with Crippen molar-refractivity contribution >= 4 is 50.1 Å². The normalized spacial score (nSPS) is 13.9. The van der Waals surface area contributed by atoms with Crippen LogP contribution in [0.1, 0.15) is 23.2 Å². The highest BCUT2D eigenvalue weighted by Crippen LogP contribution is 2.31. The minimum absolute atomic E-state index is 0.0443. The number of carbonyl (C=O) groups is 3. The van der Waals surface area contributed by atoms with E-state index in [1.165, 1.54) is 12.1 Å². The second-order valence-electron chi connectivity index (χ2n) is 7.12. The Balaban J connectivity index is 1.32. The lowest BCUT2D eigenvalue weighted by Crippen LogP contribution is -2.32. The van der Waals surface area contributed by atoms with E-state index in [4.69, 9.17) is 0 Å². The summed E-state index contributed by atoms with van der Waals surface area (Å²) in [7, 11) is 0. The van der Waals surface area contributed by atoms with E-state index in [1.807, 2.05) is 0 Å². The zero-order valence-corrected chi connectivity index (χ0v) is 17.8. The Morgan fingerprint density at radius 3 is 2.58 bits per heavy atom. The number of ether oxygens (including phenoxy) is 1. The molecule has 0 aliphatic carbocycles. The molecule has 3 amide bonds. The van der Waals surface area contributed by atoms with Gasteiger partial charge in [0.2, 0.25) is 11.8 Å². The molecule has 172 valence electrons. The first kappa shape index (κ1) is 22.5. The van der Waals surface area contributed by atoms with Crippen molar-refractivity contribution in [2.45, 2.75) is 19.2 Å². The average molecular weight is 478 g/mol. The summed E-state index contributed by atoms with van der Waals surface area (Å²) in [6, 6.07) is 10.2. The summed E-state index contributed by atoms with van der Waals surface area (Å²) in [4.78, 5) is 42.1. The van der Waals surface area contributed by atoms with Gasteiger partial charge < -0.3 is 20.3 Å². The second-order valence-corrected chi connectivity index (χ2v) is 8.15. The number of nitrogens with zero attached hydrogens (tertiary/aromatic N) is 2. The fourth-order valence-electron chi connectivity index (χ4n) is 3.30. The number of carbonyl (C=O) groups excluding carboxylic acids is 3. The predicted octanol–water partition coefficient (Wildman–Crippen LogP) is 3.69. The molecular weight excluding hydrogens is 461 g/mol. The van der Waals surface area contributed by atoms with E-state index in [2.05, 4.69) is 20.4 Å². The number of halogens is 3. The van der Waals surface area contributed by atoms with Crippen molar-refractivity contribution in [3.05, 3.63) is 48.0 Å². The van der Waals surface area contributed by atoms with Gasteiger partial charge in [-0.2, -0.15) is 0 Å². The van der Waals surface area contributed by atoms with Gasteiger partial charge in [-0.3, -0.25) is 14.4 Å². The van der Waals surface area contributed by atoms with Crippen LogP contribution in [0.2, 0.25) is 0 Å². The molecule has 1 saturated heterocycles. The van der Waals surface area contributed by atoms with Gasteiger partial charge in [-0.15, -0.1) is 13.2 Å². The quantitative estimate of drug-likeness (QED) is 0.563. The fraction of sp³-hybridized carbons (Fsp3) is 0.238. The Kier molecular flexibility index (Phi) is 6.18. The molecular formula is C21H17F3N4O4S. The van der Waals surface area contributed by atoms with Gasteiger partial charge in [-0.25, -0.2) is 4.98 Å². The number of aromatic nitrogens is 1. The molecule has 3 aromatic rings. The summed E-state index contributed by atoms with van der Waals surface area (Å²) in [5, 5.41) is 5.16. The summed E-state index contributed by atoms with van der Waals surface area (Å²) < 4.78 is 41.3. The molecule has 1 aromatic heterocycles. The van der Waals surface area contributed by atoms with Gasteiger partial charge in [0.25, 0.3) is 5.91 Å². The van der Waals surface area contributed by atoms with Crippen LogP contribution in [0.5, 0.6) is 5.75 Å². The number of amides is 3. The molecule has 0 spiro atoms. The summed E-state index contributed by atoms with van der Waals surface area (Å²) >= 11 is 0.975. The molecule has 1 aliphatic rings. The molecule has 0 radical (unpaired) electrons. The van der Waals surface area contributed by atoms with E-state index in [0.717, 1.165) is 23.8 Å². The highest BCUT2D eigenvalue weighted by atomic mass is 32.1. The van der Waals surface area contributed by atoms with E-state index in [0.29, 0.717) is 34.4 Å². The monoisotopic (exact) mass is 478 g/mol. The third-order valence-corrected chi connectivity index (χ3v) is 5.70. The van der Waals surface area contributed by atoms with Crippen molar-refractivity contribution in [3.63, 3.8) is 0 Å². The number of thiazole rings is 1. The van der Waals surface area contributed by atoms with Crippen LogP contribution in [-0.2, 0) is 9.59 Å².